The Hall–Kier alpha value is -3.88. The highest BCUT2D eigenvalue weighted by Crippen LogP contribution is 2.36. The van der Waals surface area contributed by atoms with Crippen LogP contribution in [0.5, 0.6) is 11.5 Å². The fourth-order valence-electron chi connectivity index (χ4n) is 3.56. The van der Waals surface area contributed by atoms with Gasteiger partial charge in [0.1, 0.15) is 24.2 Å². The SMILES string of the molecule is COc1ccc(OC)c(N2C[C@H](C(=O)Nc3ccc(Cn4cncn4)cc3)CC2=O)c1. The van der Waals surface area contributed by atoms with Gasteiger partial charge in [-0.2, -0.15) is 5.10 Å². The van der Waals surface area contributed by atoms with Crippen molar-refractivity contribution in [1.82, 2.24) is 14.8 Å². The number of anilines is 2. The molecular weight excluding hydrogens is 398 g/mol. The summed E-state index contributed by atoms with van der Waals surface area (Å²) in [5.74, 6) is 0.385. The molecule has 0 saturated carbocycles. The summed E-state index contributed by atoms with van der Waals surface area (Å²) in [6, 6.07) is 12.8. The van der Waals surface area contributed by atoms with E-state index < -0.39 is 5.92 Å². The van der Waals surface area contributed by atoms with Crippen LogP contribution in [0.25, 0.3) is 0 Å². The lowest BCUT2D eigenvalue weighted by Crippen LogP contribution is -2.28. The minimum atomic E-state index is -0.460. The van der Waals surface area contributed by atoms with Gasteiger partial charge in [0.2, 0.25) is 11.8 Å². The monoisotopic (exact) mass is 421 g/mol. The maximum absolute atomic E-state index is 12.8. The molecule has 4 rings (SSSR count). The van der Waals surface area contributed by atoms with E-state index in [2.05, 4.69) is 15.4 Å². The van der Waals surface area contributed by atoms with Crippen LogP contribution in [0.2, 0.25) is 0 Å². The highest BCUT2D eigenvalue weighted by molar-refractivity contribution is 6.04. The van der Waals surface area contributed by atoms with Crippen molar-refractivity contribution in [2.24, 2.45) is 5.92 Å². The molecule has 1 saturated heterocycles. The molecule has 31 heavy (non-hydrogen) atoms. The van der Waals surface area contributed by atoms with Gasteiger partial charge >= 0.3 is 0 Å². The van der Waals surface area contributed by atoms with Crippen molar-refractivity contribution in [3.05, 3.63) is 60.7 Å². The predicted molar refractivity (Wildman–Crippen MR) is 114 cm³/mol. The highest BCUT2D eigenvalue weighted by atomic mass is 16.5. The molecule has 1 N–H and O–H groups in total. The molecule has 0 bridgehead atoms. The van der Waals surface area contributed by atoms with Gasteiger partial charge in [0.15, 0.2) is 0 Å². The molecule has 0 unspecified atom stereocenters. The van der Waals surface area contributed by atoms with Crippen LogP contribution in [0.1, 0.15) is 12.0 Å². The maximum atomic E-state index is 12.8. The second-order valence-electron chi connectivity index (χ2n) is 7.22. The van der Waals surface area contributed by atoms with Crippen LogP contribution < -0.4 is 19.7 Å². The first-order valence-corrected chi connectivity index (χ1v) is 9.82. The van der Waals surface area contributed by atoms with E-state index in [9.17, 15) is 9.59 Å². The Labute approximate surface area is 179 Å². The second kappa shape index (κ2) is 8.86. The summed E-state index contributed by atoms with van der Waals surface area (Å²) in [5.41, 5.74) is 2.31. The number of nitrogens with zero attached hydrogens (tertiary/aromatic N) is 4. The summed E-state index contributed by atoms with van der Waals surface area (Å²) < 4.78 is 12.4. The number of aromatic nitrogens is 3. The third-order valence-corrected chi connectivity index (χ3v) is 5.21. The molecule has 1 fully saturated rings. The first-order chi connectivity index (χ1) is 15.1. The highest BCUT2D eigenvalue weighted by Gasteiger charge is 2.36. The topological polar surface area (TPSA) is 98.6 Å². The van der Waals surface area contributed by atoms with E-state index in [-0.39, 0.29) is 24.8 Å². The molecule has 9 nitrogen and oxygen atoms in total. The minimum absolute atomic E-state index is 0.130. The maximum Gasteiger partial charge on any atom is 0.229 e. The molecule has 2 aromatic carbocycles. The number of benzene rings is 2. The van der Waals surface area contributed by atoms with Crippen LogP contribution in [0.15, 0.2) is 55.1 Å². The van der Waals surface area contributed by atoms with Gasteiger partial charge in [0, 0.05) is 24.7 Å². The van der Waals surface area contributed by atoms with Gasteiger partial charge in [0.05, 0.1) is 32.4 Å². The lowest BCUT2D eigenvalue weighted by atomic mass is 10.1. The molecule has 0 aliphatic carbocycles. The lowest BCUT2D eigenvalue weighted by Gasteiger charge is -2.20. The Morgan fingerprint density at radius 2 is 1.97 bits per heavy atom. The zero-order valence-corrected chi connectivity index (χ0v) is 17.3. The van der Waals surface area contributed by atoms with Crippen molar-refractivity contribution in [1.29, 1.82) is 0 Å². The molecule has 0 spiro atoms. The number of hydrogen-bond acceptors (Lipinski definition) is 6. The number of nitrogens with one attached hydrogen (secondary N) is 1. The van der Waals surface area contributed by atoms with E-state index in [4.69, 9.17) is 9.47 Å². The quantitative estimate of drug-likeness (QED) is 0.629. The van der Waals surface area contributed by atoms with Crippen molar-refractivity contribution < 1.29 is 19.1 Å². The molecule has 2 amide bonds. The standard InChI is InChI=1S/C22H23N5O4/c1-30-18-7-8-20(31-2)19(10-18)27-12-16(9-21(27)28)22(29)25-17-5-3-15(4-6-17)11-26-14-23-13-24-26/h3-8,10,13-14,16H,9,11-12H2,1-2H3,(H,25,29)/t16-/m1/s1. The van der Waals surface area contributed by atoms with E-state index in [1.165, 1.54) is 6.33 Å². The molecule has 1 aromatic heterocycles. The Kier molecular flexibility index (Phi) is 5.83. The number of hydrogen-bond donors (Lipinski definition) is 1. The Balaban J connectivity index is 1.42. The normalized spacial score (nSPS) is 15.7. The average molecular weight is 421 g/mol. The third kappa shape index (κ3) is 4.50. The predicted octanol–water partition coefficient (Wildman–Crippen LogP) is 2.34. The second-order valence-corrected chi connectivity index (χ2v) is 7.22. The van der Waals surface area contributed by atoms with E-state index in [0.29, 0.717) is 29.4 Å². The zero-order chi connectivity index (χ0) is 21.8. The van der Waals surface area contributed by atoms with Crippen molar-refractivity contribution in [3.8, 4) is 11.5 Å². The van der Waals surface area contributed by atoms with E-state index >= 15 is 0 Å². The molecule has 1 atom stereocenters. The number of carbonyl (C=O) groups excluding carboxylic acids is 2. The van der Waals surface area contributed by atoms with Crippen LogP contribution in [-0.4, -0.2) is 47.3 Å². The van der Waals surface area contributed by atoms with Gasteiger partial charge in [-0.3, -0.25) is 9.59 Å². The third-order valence-electron chi connectivity index (χ3n) is 5.21. The van der Waals surface area contributed by atoms with E-state index in [1.54, 1.807) is 48.3 Å². The zero-order valence-electron chi connectivity index (χ0n) is 17.3. The van der Waals surface area contributed by atoms with Gasteiger partial charge in [-0.1, -0.05) is 12.1 Å². The van der Waals surface area contributed by atoms with Crippen LogP contribution in [0.3, 0.4) is 0 Å². The fraction of sp³-hybridized carbons (Fsp3) is 0.273. The van der Waals surface area contributed by atoms with E-state index in [0.717, 1.165) is 5.56 Å². The smallest absolute Gasteiger partial charge is 0.229 e. The van der Waals surface area contributed by atoms with Crippen molar-refractivity contribution in [2.75, 3.05) is 31.0 Å². The van der Waals surface area contributed by atoms with E-state index in [1.807, 2.05) is 24.3 Å². The first-order valence-electron chi connectivity index (χ1n) is 9.82. The summed E-state index contributed by atoms with van der Waals surface area (Å²) in [6.45, 7) is 0.876. The molecule has 0 radical (unpaired) electrons. The van der Waals surface area contributed by atoms with Gasteiger partial charge in [-0.25, -0.2) is 9.67 Å². The Morgan fingerprint density at radius 3 is 2.65 bits per heavy atom. The van der Waals surface area contributed by atoms with Gasteiger partial charge in [-0.05, 0) is 29.8 Å². The summed E-state index contributed by atoms with van der Waals surface area (Å²) >= 11 is 0. The van der Waals surface area contributed by atoms with Crippen LogP contribution >= 0.6 is 0 Å². The largest absolute Gasteiger partial charge is 0.497 e. The van der Waals surface area contributed by atoms with Crippen LogP contribution in [-0.2, 0) is 16.1 Å². The summed E-state index contributed by atoms with van der Waals surface area (Å²) in [4.78, 5) is 30.9. The molecule has 160 valence electrons. The molecule has 1 aliphatic rings. The fourth-order valence-corrected chi connectivity index (χ4v) is 3.56. The number of carbonyl (C=O) groups is 2. The van der Waals surface area contributed by atoms with Crippen molar-refractivity contribution >= 4 is 23.2 Å². The van der Waals surface area contributed by atoms with Crippen LogP contribution in [0, 0.1) is 5.92 Å². The average Bonchev–Trinajstić information content (AvgIpc) is 3.44. The molecule has 2 heterocycles. The molecular formula is C22H23N5O4. The first kappa shape index (κ1) is 20.4. The van der Waals surface area contributed by atoms with Gasteiger partial charge in [-0.15, -0.1) is 0 Å². The summed E-state index contributed by atoms with van der Waals surface area (Å²) in [5, 5.41) is 6.98. The van der Waals surface area contributed by atoms with Gasteiger partial charge < -0.3 is 19.7 Å². The Bertz CT molecular complexity index is 1070. The number of methoxy groups -OCH3 is 2. The molecule has 1 aliphatic heterocycles. The van der Waals surface area contributed by atoms with Crippen molar-refractivity contribution in [3.63, 3.8) is 0 Å². The number of amides is 2. The van der Waals surface area contributed by atoms with Crippen LogP contribution in [0.4, 0.5) is 11.4 Å². The lowest BCUT2D eigenvalue weighted by molar-refractivity contribution is -0.122. The number of rotatable bonds is 7. The van der Waals surface area contributed by atoms with Crippen molar-refractivity contribution in [2.45, 2.75) is 13.0 Å². The Morgan fingerprint density at radius 1 is 1.16 bits per heavy atom. The van der Waals surface area contributed by atoms with Gasteiger partial charge in [0.25, 0.3) is 0 Å². The summed E-state index contributed by atoms with van der Waals surface area (Å²) in [7, 11) is 3.10. The molecule has 9 heteroatoms. The minimum Gasteiger partial charge on any atom is -0.497 e. The molecule has 3 aromatic rings. The summed E-state index contributed by atoms with van der Waals surface area (Å²) in [6.07, 6.45) is 3.27. The number of ether oxygens (including phenoxy) is 2.